The highest BCUT2D eigenvalue weighted by Gasteiger charge is 2.06. The second-order valence-electron chi connectivity index (χ2n) is 5.03. The average Bonchev–Trinajstić information content (AvgIpc) is 2.39. The molecular formula is C16H26ClN. The molecule has 0 bridgehead atoms. The van der Waals surface area contributed by atoms with Crippen molar-refractivity contribution >= 4 is 11.6 Å². The second kappa shape index (κ2) is 10.4. The van der Waals surface area contributed by atoms with Crippen LogP contribution in [0.15, 0.2) is 24.4 Å². The molecule has 0 spiro atoms. The van der Waals surface area contributed by atoms with E-state index in [0.29, 0.717) is 0 Å². The van der Waals surface area contributed by atoms with Gasteiger partial charge in [-0.1, -0.05) is 57.9 Å². The van der Waals surface area contributed by atoms with Crippen molar-refractivity contribution < 1.29 is 0 Å². The summed E-state index contributed by atoms with van der Waals surface area (Å²) in [7, 11) is 0. The molecule has 2 heteroatoms. The monoisotopic (exact) mass is 267 g/mol. The standard InChI is InChI=1S/C16H26ClN/c1-2-3-4-5-6-7-8-11-15(17)14-16-12-9-10-13-18-16/h9-10,12-13,15H,2-8,11,14H2,1H3. The van der Waals surface area contributed by atoms with Crippen molar-refractivity contribution in [3.8, 4) is 0 Å². The lowest BCUT2D eigenvalue weighted by molar-refractivity contribution is 0.566. The van der Waals surface area contributed by atoms with Gasteiger partial charge in [0.1, 0.15) is 0 Å². The van der Waals surface area contributed by atoms with Crippen molar-refractivity contribution in [2.45, 2.75) is 70.1 Å². The van der Waals surface area contributed by atoms with Gasteiger partial charge in [-0.2, -0.15) is 0 Å². The van der Waals surface area contributed by atoms with Gasteiger partial charge in [-0.05, 0) is 18.6 Å². The average molecular weight is 268 g/mol. The Kier molecular flexibility index (Phi) is 8.93. The highest BCUT2D eigenvalue weighted by Crippen LogP contribution is 2.15. The summed E-state index contributed by atoms with van der Waals surface area (Å²) in [6.45, 7) is 2.26. The third kappa shape index (κ3) is 7.71. The zero-order valence-electron chi connectivity index (χ0n) is 11.6. The number of alkyl halides is 1. The molecule has 0 aliphatic heterocycles. The third-order valence-electron chi connectivity index (χ3n) is 3.28. The lowest BCUT2D eigenvalue weighted by Crippen LogP contribution is -2.04. The molecule has 1 atom stereocenters. The first-order valence-corrected chi connectivity index (χ1v) is 7.80. The molecule has 1 aromatic heterocycles. The maximum Gasteiger partial charge on any atom is 0.0418 e. The molecule has 18 heavy (non-hydrogen) atoms. The molecule has 1 rings (SSSR count). The fourth-order valence-corrected chi connectivity index (χ4v) is 2.48. The summed E-state index contributed by atoms with van der Waals surface area (Å²) in [5, 5.41) is 0.246. The van der Waals surface area contributed by atoms with Gasteiger partial charge in [-0.15, -0.1) is 11.6 Å². The number of halogens is 1. The summed E-state index contributed by atoms with van der Waals surface area (Å²) >= 11 is 6.34. The zero-order chi connectivity index (χ0) is 13.1. The lowest BCUT2D eigenvalue weighted by atomic mass is 10.1. The van der Waals surface area contributed by atoms with E-state index < -0.39 is 0 Å². The van der Waals surface area contributed by atoms with Crippen molar-refractivity contribution in [2.75, 3.05) is 0 Å². The van der Waals surface area contributed by atoms with Gasteiger partial charge < -0.3 is 0 Å². The number of aromatic nitrogens is 1. The van der Waals surface area contributed by atoms with Crippen LogP contribution in [0.1, 0.15) is 64.0 Å². The molecule has 0 saturated carbocycles. The van der Waals surface area contributed by atoms with Crippen molar-refractivity contribution in [3.05, 3.63) is 30.1 Å². The molecule has 0 fully saturated rings. The van der Waals surface area contributed by atoms with Gasteiger partial charge in [0, 0.05) is 23.7 Å². The molecule has 0 amide bonds. The smallest absolute Gasteiger partial charge is 0.0418 e. The zero-order valence-corrected chi connectivity index (χ0v) is 12.3. The molecule has 1 unspecified atom stereocenters. The number of rotatable bonds is 10. The molecule has 102 valence electrons. The van der Waals surface area contributed by atoms with E-state index in [4.69, 9.17) is 11.6 Å². The van der Waals surface area contributed by atoms with Crippen molar-refractivity contribution in [3.63, 3.8) is 0 Å². The highest BCUT2D eigenvalue weighted by molar-refractivity contribution is 6.20. The number of unbranched alkanes of at least 4 members (excludes halogenated alkanes) is 6. The van der Waals surface area contributed by atoms with E-state index in [9.17, 15) is 0 Å². The maximum absolute atomic E-state index is 6.34. The normalized spacial score (nSPS) is 12.6. The Morgan fingerprint density at radius 2 is 1.78 bits per heavy atom. The minimum atomic E-state index is 0.246. The van der Waals surface area contributed by atoms with Crippen LogP contribution in [-0.4, -0.2) is 10.4 Å². The van der Waals surface area contributed by atoms with E-state index in [-0.39, 0.29) is 5.38 Å². The molecule has 0 aromatic carbocycles. The number of pyridine rings is 1. The molecule has 0 radical (unpaired) electrons. The van der Waals surface area contributed by atoms with Crippen LogP contribution in [0.25, 0.3) is 0 Å². The first-order valence-electron chi connectivity index (χ1n) is 7.37. The number of hydrogen-bond acceptors (Lipinski definition) is 1. The molecule has 0 aliphatic carbocycles. The van der Waals surface area contributed by atoms with E-state index in [1.54, 1.807) is 0 Å². The van der Waals surface area contributed by atoms with Gasteiger partial charge in [0.25, 0.3) is 0 Å². The Bertz CT molecular complexity index is 286. The summed E-state index contributed by atoms with van der Waals surface area (Å²) in [5.74, 6) is 0. The van der Waals surface area contributed by atoms with Gasteiger partial charge in [0.2, 0.25) is 0 Å². The molecule has 1 heterocycles. The molecule has 1 aromatic rings. The third-order valence-corrected chi connectivity index (χ3v) is 3.65. The predicted octanol–water partition coefficient (Wildman–Crippen LogP) is 5.37. The first-order chi connectivity index (χ1) is 8.83. The Labute approximate surface area is 117 Å². The van der Waals surface area contributed by atoms with Crippen LogP contribution in [0, 0.1) is 0 Å². The van der Waals surface area contributed by atoms with Crippen LogP contribution in [0.4, 0.5) is 0 Å². The topological polar surface area (TPSA) is 12.9 Å². The summed E-state index contributed by atoms with van der Waals surface area (Å²) < 4.78 is 0. The van der Waals surface area contributed by atoms with Crippen molar-refractivity contribution in [1.29, 1.82) is 0 Å². The largest absolute Gasteiger partial charge is 0.261 e. The fourth-order valence-electron chi connectivity index (χ4n) is 2.17. The molecular weight excluding hydrogens is 242 g/mol. The lowest BCUT2D eigenvalue weighted by Gasteiger charge is -2.08. The number of nitrogens with zero attached hydrogens (tertiary/aromatic N) is 1. The fraction of sp³-hybridized carbons (Fsp3) is 0.688. The van der Waals surface area contributed by atoms with E-state index in [2.05, 4.69) is 18.0 Å². The highest BCUT2D eigenvalue weighted by atomic mass is 35.5. The molecule has 1 nitrogen and oxygen atoms in total. The van der Waals surface area contributed by atoms with Crippen LogP contribution in [0.5, 0.6) is 0 Å². The Morgan fingerprint density at radius 1 is 1.06 bits per heavy atom. The first kappa shape index (κ1) is 15.5. The van der Waals surface area contributed by atoms with E-state index >= 15 is 0 Å². The van der Waals surface area contributed by atoms with Crippen molar-refractivity contribution in [2.24, 2.45) is 0 Å². The van der Waals surface area contributed by atoms with Gasteiger partial charge in [-0.3, -0.25) is 4.98 Å². The van der Waals surface area contributed by atoms with Crippen LogP contribution in [0.3, 0.4) is 0 Å². The van der Waals surface area contributed by atoms with Crippen LogP contribution >= 0.6 is 11.6 Å². The van der Waals surface area contributed by atoms with Gasteiger partial charge in [0.05, 0.1) is 0 Å². The van der Waals surface area contributed by atoms with Gasteiger partial charge >= 0.3 is 0 Å². The van der Waals surface area contributed by atoms with E-state index in [0.717, 1.165) is 18.5 Å². The second-order valence-corrected chi connectivity index (χ2v) is 5.65. The predicted molar refractivity (Wildman–Crippen MR) is 80.2 cm³/mol. The summed E-state index contributed by atoms with van der Waals surface area (Å²) in [5.41, 5.74) is 1.11. The minimum absolute atomic E-state index is 0.246. The SMILES string of the molecule is CCCCCCCCCC(Cl)Cc1ccccn1. The molecule has 0 aliphatic rings. The molecule has 0 N–H and O–H groups in total. The van der Waals surface area contributed by atoms with Crippen molar-refractivity contribution in [1.82, 2.24) is 4.98 Å². The Hall–Kier alpha value is -0.560. The van der Waals surface area contributed by atoms with Crippen LogP contribution in [-0.2, 0) is 6.42 Å². The van der Waals surface area contributed by atoms with Gasteiger partial charge in [0.15, 0.2) is 0 Å². The van der Waals surface area contributed by atoms with E-state index in [1.165, 1.54) is 44.9 Å². The number of hydrogen-bond donors (Lipinski definition) is 0. The van der Waals surface area contributed by atoms with Gasteiger partial charge in [-0.25, -0.2) is 0 Å². The Balaban J connectivity index is 1.99. The molecule has 0 saturated heterocycles. The van der Waals surface area contributed by atoms with Crippen LogP contribution in [0.2, 0.25) is 0 Å². The summed E-state index contributed by atoms with van der Waals surface area (Å²) in [6, 6.07) is 6.03. The minimum Gasteiger partial charge on any atom is -0.261 e. The van der Waals surface area contributed by atoms with Crippen LogP contribution < -0.4 is 0 Å². The van der Waals surface area contributed by atoms with E-state index in [1.807, 2.05) is 18.3 Å². The maximum atomic E-state index is 6.34. The summed E-state index contributed by atoms with van der Waals surface area (Å²) in [6.07, 6.45) is 13.3. The summed E-state index contributed by atoms with van der Waals surface area (Å²) in [4.78, 5) is 4.31. The Morgan fingerprint density at radius 3 is 2.44 bits per heavy atom. The quantitative estimate of drug-likeness (QED) is 0.410.